The number of amides is 1. The van der Waals surface area contributed by atoms with Gasteiger partial charge in [0.25, 0.3) is 0 Å². The van der Waals surface area contributed by atoms with Crippen LogP contribution in [-0.4, -0.2) is 10.9 Å². The predicted octanol–water partition coefficient (Wildman–Crippen LogP) is 4.47. The molecule has 0 aliphatic carbocycles. The van der Waals surface area contributed by atoms with Gasteiger partial charge in [0.05, 0.1) is 12.0 Å². The second kappa shape index (κ2) is 6.48. The van der Waals surface area contributed by atoms with Gasteiger partial charge in [0.15, 0.2) is 5.13 Å². The van der Waals surface area contributed by atoms with E-state index in [0.29, 0.717) is 16.6 Å². The summed E-state index contributed by atoms with van der Waals surface area (Å²) in [5, 5.41) is 3.07. The van der Waals surface area contributed by atoms with Crippen molar-refractivity contribution in [1.82, 2.24) is 4.98 Å². The van der Waals surface area contributed by atoms with E-state index in [0.717, 1.165) is 17.0 Å². The molecular formula is C15H15F3N2OS. The molecule has 0 bridgehead atoms. The van der Waals surface area contributed by atoms with E-state index in [1.54, 1.807) is 6.20 Å². The minimum absolute atomic E-state index is 0.124. The molecule has 1 heterocycles. The molecule has 0 saturated carbocycles. The van der Waals surface area contributed by atoms with Crippen LogP contribution in [0.3, 0.4) is 0 Å². The molecule has 1 aromatic heterocycles. The van der Waals surface area contributed by atoms with E-state index in [1.165, 1.54) is 23.5 Å². The number of rotatable bonds is 4. The lowest BCUT2D eigenvalue weighted by atomic mass is 10.1. The number of carbonyl (C=O) groups is 1. The molecule has 0 atom stereocenters. The first kappa shape index (κ1) is 16.5. The van der Waals surface area contributed by atoms with Crippen molar-refractivity contribution in [3.8, 4) is 0 Å². The topological polar surface area (TPSA) is 42.0 Å². The van der Waals surface area contributed by atoms with Gasteiger partial charge in [0, 0.05) is 11.1 Å². The SMILES string of the molecule is CC(C)c1cnc(NC(=O)Cc2cccc(C(F)(F)F)c2)s1. The Balaban J connectivity index is 2.02. The molecule has 0 unspecified atom stereocenters. The quantitative estimate of drug-likeness (QED) is 0.900. The number of halogens is 3. The average molecular weight is 328 g/mol. The Labute approximate surface area is 130 Å². The van der Waals surface area contributed by atoms with Crippen LogP contribution < -0.4 is 5.32 Å². The van der Waals surface area contributed by atoms with Crippen LogP contribution in [-0.2, 0) is 17.4 Å². The lowest BCUT2D eigenvalue weighted by Crippen LogP contribution is -2.15. The van der Waals surface area contributed by atoms with Crippen LogP contribution in [0.2, 0.25) is 0 Å². The average Bonchev–Trinajstić information content (AvgIpc) is 2.86. The molecule has 1 N–H and O–H groups in total. The lowest BCUT2D eigenvalue weighted by molar-refractivity contribution is -0.137. The summed E-state index contributed by atoms with van der Waals surface area (Å²) in [5.74, 6) is -0.0735. The summed E-state index contributed by atoms with van der Waals surface area (Å²) < 4.78 is 37.9. The number of anilines is 1. The van der Waals surface area contributed by atoms with Gasteiger partial charge in [-0.25, -0.2) is 4.98 Å². The lowest BCUT2D eigenvalue weighted by Gasteiger charge is -2.08. The van der Waals surface area contributed by atoms with Gasteiger partial charge in [0.1, 0.15) is 0 Å². The van der Waals surface area contributed by atoms with Crippen LogP contribution in [0.1, 0.15) is 35.8 Å². The molecule has 2 rings (SSSR count). The Morgan fingerprint density at radius 2 is 2.09 bits per heavy atom. The van der Waals surface area contributed by atoms with Gasteiger partial charge >= 0.3 is 6.18 Å². The summed E-state index contributed by atoms with van der Waals surface area (Å²) in [6.07, 6.45) is -2.84. The zero-order valence-electron chi connectivity index (χ0n) is 12.1. The monoisotopic (exact) mass is 328 g/mol. The number of thiazole rings is 1. The van der Waals surface area contributed by atoms with E-state index in [4.69, 9.17) is 0 Å². The number of hydrogen-bond donors (Lipinski definition) is 1. The fourth-order valence-corrected chi connectivity index (χ4v) is 2.65. The summed E-state index contributed by atoms with van der Waals surface area (Å²) in [6.45, 7) is 4.03. The predicted molar refractivity (Wildman–Crippen MR) is 80.0 cm³/mol. The van der Waals surface area contributed by atoms with Crippen molar-refractivity contribution in [3.05, 3.63) is 46.5 Å². The molecule has 2 aromatic rings. The summed E-state index contributed by atoms with van der Waals surface area (Å²) in [7, 11) is 0. The first-order chi connectivity index (χ1) is 10.3. The molecule has 0 aliphatic heterocycles. The van der Waals surface area contributed by atoms with Gasteiger partial charge in [-0.05, 0) is 17.5 Å². The molecule has 0 spiro atoms. The molecule has 0 aliphatic rings. The third kappa shape index (κ3) is 4.30. The van der Waals surface area contributed by atoms with Crippen LogP contribution >= 0.6 is 11.3 Å². The van der Waals surface area contributed by atoms with E-state index in [-0.39, 0.29) is 12.3 Å². The highest BCUT2D eigenvalue weighted by atomic mass is 32.1. The molecule has 1 amide bonds. The van der Waals surface area contributed by atoms with Gasteiger partial charge in [0.2, 0.25) is 5.91 Å². The maximum atomic E-state index is 12.6. The highest BCUT2D eigenvalue weighted by molar-refractivity contribution is 7.15. The third-order valence-corrected chi connectivity index (χ3v) is 4.17. The van der Waals surface area contributed by atoms with Crippen LogP contribution in [0.5, 0.6) is 0 Å². The molecule has 22 heavy (non-hydrogen) atoms. The number of nitrogens with zero attached hydrogens (tertiary/aromatic N) is 1. The Hall–Kier alpha value is -1.89. The molecule has 1 aromatic carbocycles. The highest BCUT2D eigenvalue weighted by Crippen LogP contribution is 2.30. The number of benzene rings is 1. The van der Waals surface area contributed by atoms with Crippen molar-refractivity contribution in [1.29, 1.82) is 0 Å². The summed E-state index contributed by atoms with van der Waals surface area (Å²) >= 11 is 1.36. The normalized spacial score (nSPS) is 11.7. The first-order valence-corrected chi connectivity index (χ1v) is 7.49. The summed E-state index contributed by atoms with van der Waals surface area (Å²) in [4.78, 5) is 17.0. The first-order valence-electron chi connectivity index (χ1n) is 6.67. The maximum absolute atomic E-state index is 12.6. The second-order valence-electron chi connectivity index (χ2n) is 5.15. The van der Waals surface area contributed by atoms with Crippen molar-refractivity contribution in [3.63, 3.8) is 0 Å². The van der Waals surface area contributed by atoms with Crippen molar-refractivity contribution >= 4 is 22.4 Å². The standard InChI is InChI=1S/C15H15F3N2OS/c1-9(2)12-8-19-14(22-12)20-13(21)7-10-4-3-5-11(6-10)15(16,17)18/h3-6,8-9H,7H2,1-2H3,(H,19,20,21). The van der Waals surface area contributed by atoms with Crippen LogP contribution in [0.4, 0.5) is 18.3 Å². The number of hydrogen-bond acceptors (Lipinski definition) is 3. The van der Waals surface area contributed by atoms with E-state index >= 15 is 0 Å². The molecule has 118 valence electrons. The zero-order valence-corrected chi connectivity index (χ0v) is 12.9. The summed E-state index contributed by atoms with van der Waals surface area (Å²) in [5.41, 5.74) is -0.442. The molecule has 7 heteroatoms. The Morgan fingerprint density at radius 1 is 1.36 bits per heavy atom. The van der Waals surface area contributed by atoms with Gasteiger partial charge in [-0.3, -0.25) is 4.79 Å². The van der Waals surface area contributed by atoms with E-state index in [2.05, 4.69) is 10.3 Å². The number of carbonyl (C=O) groups excluding carboxylic acids is 1. The van der Waals surface area contributed by atoms with Gasteiger partial charge in [-0.1, -0.05) is 32.0 Å². The van der Waals surface area contributed by atoms with Crippen molar-refractivity contribution < 1.29 is 18.0 Å². The van der Waals surface area contributed by atoms with Gasteiger partial charge < -0.3 is 5.32 Å². The number of alkyl halides is 3. The highest BCUT2D eigenvalue weighted by Gasteiger charge is 2.30. The van der Waals surface area contributed by atoms with Gasteiger partial charge in [-0.15, -0.1) is 11.3 Å². The molecular weight excluding hydrogens is 313 g/mol. The number of aromatic nitrogens is 1. The Kier molecular flexibility index (Phi) is 4.85. The van der Waals surface area contributed by atoms with Crippen LogP contribution in [0.15, 0.2) is 30.5 Å². The minimum atomic E-state index is -4.41. The van der Waals surface area contributed by atoms with Crippen molar-refractivity contribution in [2.75, 3.05) is 5.32 Å². The van der Waals surface area contributed by atoms with Gasteiger partial charge in [-0.2, -0.15) is 13.2 Å². The molecule has 0 fully saturated rings. The van der Waals surface area contributed by atoms with Crippen LogP contribution in [0, 0.1) is 0 Å². The maximum Gasteiger partial charge on any atom is 0.416 e. The second-order valence-corrected chi connectivity index (χ2v) is 6.21. The largest absolute Gasteiger partial charge is 0.416 e. The van der Waals surface area contributed by atoms with E-state index in [9.17, 15) is 18.0 Å². The van der Waals surface area contributed by atoms with Crippen molar-refractivity contribution in [2.45, 2.75) is 32.4 Å². The number of nitrogens with one attached hydrogen (secondary N) is 1. The Morgan fingerprint density at radius 3 is 2.68 bits per heavy atom. The molecule has 0 radical (unpaired) electrons. The summed E-state index contributed by atoms with van der Waals surface area (Å²) in [6, 6.07) is 4.76. The fraction of sp³-hybridized carbons (Fsp3) is 0.333. The van der Waals surface area contributed by atoms with E-state index in [1.807, 2.05) is 13.8 Å². The Bertz CT molecular complexity index is 665. The van der Waals surface area contributed by atoms with Crippen molar-refractivity contribution in [2.24, 2.45) is 0 Å². The minimum Gasteiger partial charge on any atom is -0.302 e. The van der Waals surface area contributed by atoms with Crippen LogP contribution in [0.25, 0.3) is 0 Å². The fourth-order valence-electron chi connectivity index (χ4n) is 1.82. The zero-order chi connectivity index (χ0) is 16.3. The molecule has 3 nitrogen and oxygen atoms in total. The smallest absolute Gasteiger partial charge is 0.302 e. The molecule has 0 saturated heterocycles. The third-order valence-electron chi connectivity index (χ3n) is 2.96. The van der Waals surface area contributed by atoms with E-state index < -0.39 is 11.7 Å².